The van der Waals surface area contributed by atoms with Crippen LogP contribution in [0.3, 0.4) is 0 Å². The van der Waals surface area contributed by atoms with Crippen LogP contribution in [-0.2, 0) is 0 Å². The minimum atomic E-state index is -3.28. The van der Waals surface area contributed by atoms with Crippen LogP contribution in [0.15, 0.2) is 18.2 Å². The average molecular weight is 190 g/mol. The molecule has 1 rings (SSSR count). The lowest BCUT2D eigenvalue weighted by Gasteiger charge is -2.14. The molecule has 4 heteroatoms. The molecule has 1 nitrogen and oxygen atoms in total. The number of hydrogen-bond donors (Lipinski definition) is 0. The lowest BCUT2D eigenvalue weighted by atomic mass is 10.2. The molecule has 0 fully saturated rings. The van der Waals surface area contributed by atoms with E-state index in [9.17, 15) is 13.2 Å². The van der Waals surface area contributed by atoms with Crippen LogP contribution in [0.25, 0.3) is 0 Å². The molecule has 0 amide bonds. The monoisotopic (exact) mass is 190 g/mol. The summed E-state index contributed by atoms with van der Waals surface area (Å²) in [6, 6.07) is 3.51. The van der Waals surface area contributed by atoms with Crippen molar-refractivity contribution in [3.8, 4) is 5.75 Å². The summed E-state index contributed by atoms with van der Waals surface area (Å²) in [4.78, 5) is 0. The molecule has 0 atom stereocenters. The van der Waals surface area contributed by atoms with Gasteiger partial charge in [0.15, 0.2) is 0 Å². The molecule has 0 N–H and O–H groups in total. The van der Waals surface area contributed by atoms with E-state index in [1.165, 1.54) is 12.1 Å². The molecule has 1 aromatic carbocycles. The van der Waals surface area contributed by atoms with Crippen LogP contribution in [0.1, 0.15) is 12.5 Å². The Hall–Kier alpha value is -1.19. The number of rotatable bonds is 2. The fourth-order valence-electron chi connectivity index (χ4n) is 0.877. The van der Waals surface area contributed by atoms with Gasteiger partial charge in [-0.25, -0.2) is 4.39 Å². The molecule has 13 heavy (non-hydrogen) atoms. The minimum Gasteiger partial charge on any atom is -0.432 e. The maximum atomic E-state index is 12.6. The van der Waals surface area contributed by atoms with Crippen molar-refractivity contribution in [2.24, 2.45) is 0 Å². The zero-order chi connectivity index (χ0) is 10.1. The van der Waals surface area contributed by atoms with Gasteiger partial charge < -0.3 is 4.74 Å². The van der Waals surface area contributed by atoms with Crippen molar-refractivity contribution < 1.29 is 17.9 Å². The van der Waals surface area contributed by atoms with Gasteiger partial charge in [0, 0.05) is 13.0 Å². The summed E-state index contributed by atoms with van der Waals surface area (Å²) in [5.74, 6) is -0.725. The second-order valence-corrected chi connectivity index (χ2v) is 2.82. The van der Waals surface area contributed by atoms with Gasteiger partial charge in [0.1, 0.15) is 11.6 Å². The van der Waals surface area contributed by atoms with Gasteiger partial charge >= 0.3 is 6.11 Å². The van der Waals surface area contributed by atoms with Gasteiger partial charge in [-0.05, 0) is 18.6 Å². The molecule has 0 aliphatic rings. The van der Waals surface area contributed by atoms with Crippen LogP contribution in [0.4, 0.5) is 13.2 Å². The van der Waals surface area contributed by atoms with Crippen molar-refractivity contribution in [1.29, 1.82) is 0 Å². The van der Waals surface area contributed by atoms with Crippen LogP contribution in [-0.4, -0.2) is 6.11 Å². The van der Waals surface area contributed by atoms with Gasteiger partial charge in [0.2, 0.25) is 0 Å². The molecule has 0 saturated heterocycles. The molecule has 0 spiro atoms. The summed E-state index contributed by atoms with van der Waals surface area (Å²) < 4.78 is 41.6. The van der Waals surface area contributed by atoms with E-state index in [1.54, 1.807) is 6.92 Å². The highest BCUT2D eigenvalue weighted by molar-refractivity contribution is 5.32. The third-order valence-electron chi connectivity index (χ3n) is 1.44. The fourth-order valence-corrected chi connectivity index (χ4v) is 0.877. The van der Waals surface area contributed by atoms with Crippen LogP contribution >= 0.6 is 0 Å². The Morgan fingerprint density at radius 2 is 1.92 bits per heavy atom. The summed E-state index contributed by atoms with van der Waals surface area (Å²) in [5, 5.41) is 0. The van der Waals surface area contributed by atoms with Gasteiger partial charge in [0.05, 0.1) is 0 Å². The molecule has 0 unspecified atom stereocenters. The number of alkyl halides is 2. The quantitative estimate of drug-likeness (QED) is 0.696. The third kappa shape index (κ3) is 2.97. The summed E-state index contributed by atoms with van der Waals surface area (Å²) in [6.45, 7) is 2.18. The summed E-state index contributed by atoms with van der Waals surface area (Å²) in [6.07, 6.45) is -3.28. The molecular weight excluding hydrogens is 181 g/mol. The van der Waals surface area contributed by atoms with Gasteiger partial charge in [-0.15, -0.1) is 0 Å². The first-order valence-corrected chi connectivity index (χ1v) is 3.71. The van der Waals surface area contributed by atoms with E-state index in [0.717, 1.165) is 6.07 Å². The maximum Gasteiger partial charge on any atom is 0.394 e. The van der Waals surface area contributed by atoms with E-state index in [1.807, 2.05) is 0 Å². The summed E-state index contributed by atoms with van der Waals surface area (Å²) in [5.41, 5.74) is 0.475. The van der Waals surface area contributed by atoms with Crippen molar-refractivity contribution in [2.45, 2.75) is 20.0 Å². The number of hydrogen-bond acceptors (Lipinski definition) is 1. The Bertz CT molecular complexity index is 304. The molecule has 1 aromatic rings. The molecule has 0 bridgehead atoms. The van der Waals surface area contributed by atoms with Crippen LogP contribution in [0.5, 0.6) is 5.75 Å². The number of halogens is 3. The lowest BCUT2D eigenvalue weighted by Crippen LogP contribution is -2.19. The number of benzene rings is 1. The Kier molecular flexibility index (Phi) is 2.50. The molecule has 0 aliphatic heterocycles. The Labute approximate surface area is 74.1 Å². The van der Waals surface area contributed by atoms with Gasteiger partial charge in [0.25, 0.3) is 0 Å². The number of aryl methyl sites for hydroxylation is 1. The minimum absolute atomic E-state index is 0.132. The van der Waals surface area contributed by atoms with Crippen LogP contribution < -0.4 is 4.74 Å². The molecule has 72 valence electrons. The van der Waals surface area contributed by atoms with Gasteiger partial charge in [-0.3, -0.25) is 0 Å². The van der Waals surface area contributed by atoms with Crippen molar-refractivity contribution in [3.05, 3.63) is 29.6 Å². The van der Waals surface area contributed by atoms with Gasteiger partial charge in [-0.1, -0.05) is 6.07 Å². The second-order valence-electron chi connectivity index (χ2n) is 2.82. The zero-order valence-corrected chi connectivity index (χ0v) is 7.27. The normalized spacial score (nSPS) is 11.5. The van der Waals surface area contributed by atoms with Gasteiger partial charge in [-0.2, -0.15) is 8.78 Å². The molecule has 0 heterocycles. The topological polar surface area (TPSA) is 9.23 Å². The average Bonchev–Trinajstić information content (AvgIpc) is 1.94. The van der Waals surface area contributed by atoms with Crippen LogP contribution in [0.2, 0.25) is 0 Å². The first kappa shape index (κ1) is 9.89. The molecule has 0 aromatic heterocycles. The zero-order valence-electron chi connectivity index (χ0n) is 7.27. The second kappa shape index (κ2) is 3.28. The lowest BCUT2D eigenvalue weighted by molar-refractivity contribution is -0.159. The Morgan fingerprint density at radius 3 is 2.46 bits per heavy atom. The Morgan fingerprint density at radius 1 is 1.31 bits per heavy atom. The third-order valence-corrected chi connectivity index (χ3v) is 1.44. The van der Waals surface area contributed by atoms with E-state index in [4.69, 9.17) is 0 Å². The molecule has 0 saturated carbocycles. The smallest absolute Gasteiger partial charge is 0.394 e. The largest absolute Gasteiger partial charge is 0.432 e. The number of ether oxygens (including phenoxy) is 1. The highest BCUT2D eigenvalue weighted by Crippen LogP contribution is 2.25. The van der Waals surface area contributed by atoms with Crippen molar-refractivity contribution in [3.63, 3.8) is 0 Å². The first-order valence-electron chi connectivity index (χ1n) is 3.71. The van der Waals surface area contributed by atoms with E-state index < -0.39 is 11.9 Å². The fraction of sp³-hybridized carbons (Fsp3) is 0.333. The van der Waals surface area contributed by atoms with Crippen LogP contribution in [0, 0.1) is 12.7 Å². The summed E-state index contributed by atoms with van der Waals surface area (Å²) >= 11 is 0. The van der Waals surface area contributed by atoms with E-state index in [2.05, 4.69) is 4.74 Å². The SMILES string of the molecule is Cc1ccc(F)cc1OC(C)(F)F. The van der Waals surface area contributed by atoms with E-state index >= 15 is 0 Å². The highest BCUT2D eigenvalue weighted by atomic mass is 19.3. The predicted octanol–water partition coefficient (Wildman–Crippen LogP) is 3.13. The standard InChI is InChI=1S/C9H9F3O/c1-6-3-4-7(10)5-8(6)13-9(2,11)12/h3-5H,1-2H3. The highest BCUT2D eigenvalue weighted by Gasteiger charge is 2.24. The maximum absolute atomic E-state index is 12.6. The predicted molar refractivity (Wildman–Crippen MR) is 42.4 cm³/mol. The molecule has 0 radical (unpaired) electrons. The van der Waals surface area contributed by atoms with E-state index in [-0.39, 0.29) is 5.75 Å². The van der Waals surface area contributed by atoms with E-state index in [0.29, 0.717) is 12.5 Å². The van der Waals surface area contributed by atoms with Crippen molar-refractivity contribution in [1.82, 2.24) is 0 Å². The molecular formula is C9H9F3O. The van der Waals surface area contributed by atoms with Crippen molar-refractivity contribution >= 4 is 0 Å². The first-order chi connectivity index (χ1) is 5.88. The summed E-state index contributed by atoms with van der Waals surface area (Å²) in [7, 11) is 0. The molecule has 0 aliphatic carbocycles. The Balaban J connectivity index is 2.94. The van der Waals surface area contributed by atoms with Crippen molar-refractivity contribution in [2.75, 3.05) is 0 Å².